The van der Waals surface area contributed by atoms with Gasteiger partial charge in [-0.05, 0) is 36.5 Å². The Morgan fingerprint density at radius 2 is 1.96 bits per heavy atom. The zero-order valence-corrected chi connectivity index (χ0v) is 15.4. The van der Waals surface area contributed by atoms with E-state index in [0.29, 0.717) is 12.2 Å². The van der Waals surface area contributed by atoms with E-state index in [4.69, 9.17) is 0 Å². The fraction of sp³-hybridized carbons (Fsp3) is 0.526. The highest BCUT2D eigenvalue weighted by Gasteiger charge is 2.26. The molecule has 2 rings (SSSR count). The second-order valence-corrected chi connectivity index (χ2v) is 6.67. The molecule has 1 heterocycles. The lowest BCUT2D eigenvalue weighted by molar-refractivity contribution is -0.126. The average molecular weight is 345 g/mol. The predicted molar refractivity (Wildman–Crippen MR) is 98.5 cm³/mol. The summed E-state index contributed by atoms with van der Waals surface area (Å²) < 4.78 is 0. The third-order valence-corrected chi connectivity index (χ3v) is 4.71. The SMILES string of the molecule is CC[C@H](C)[C@H](NC(C)=O)C(=O)Nc1ccc2c(c1)N(C(C)=O)CCC2. The van der Waals surface area contributed by atoms with E-state index < -0.39 is 6.04 Å². The second kappa shape index (κ2) is 8.14. The Labute approximate surface area is 149 Å². The number of amides is 3. The van der Waals surface area contributed by atoms with E-state index in [-0.39, 0.29) is 23.6 Å². The number of hydrogen-bond acceptors (Lipinski definition) is 3. The van der Waals surface area contributed by atoms with Crippen molar-refractivity contribution in [2.75, 3.05) is 16.8 Å². The van der Waals surface area contributed by atoms with Crippen molar-refractivity contribution < 1.29 is 14.4 Å². The maximum atomic E-state index is 12.6. The summed E-state index contributed by atoms with van der Waals surface area (Å²) in [5.74, 6) is -0.446. The van der Waals surface area contributed by atoms with Crippen molar-refractivity contribution in [3.8, 4) is 0 Å². The van der Waals surface area contributed by atoms with Gasteiger partial charge in [0, 0.05) is 31.8 Å². The minimum Gasteiger partial charge on any atom is -0.344 e. The molecule has 0 aliphatic carbocycles. The standard InChI is InChI=1S/C19H27N3O3/c1-5-12(2)18(20-13(3)23)19(25)21-16-9-8-15-7-6-10-22(14(4)24)17(15)11-16/h8-9,11-12,18H,5-7,10H2,1-4H3,(H,20,23)(H,21,25)/t12-,18-/m0/s1. The van der Waals surface area contributed by atoms with Crippen LogP contribution in [0.25, 0.3) is 0 Å². The smallest absolute Gasteiger partial charge is 0.247 e. The minimum atomic E-state index is -0.581. The number of aryl methyl sites for hydroxylation is 1. The molecular weight excluding hydrogens is 318 g/mol. The van der Waals surface area contributed by atoms with E-state index >= 15 is 0 Å². The number of carbonyl (C=O) groups is 3. The van der Waals surface area contributed by atoms with Gasteiger partial charge in [0.2, 0.25) is 17.7 Å². The third kappa shape index (κ3) is 4.59. The van der Waals surface area contributed by atoms with Crippen LogP contribution in [0.2, 0.25) is 0 Å². The minimum absolute atomic E-state index is 0.000143. The maximum absolute atomic E-state index is 12.6. The van der Waals surface area contributed by atoms with E-state index in [1.165, 1.54) is 6.92 Å². The third-order valence-electron chi connectivity index (χ3n) is 4.71. The quantitative estimate of drug-likeness (QED) is 0.860. The summed E-state index contributed by atoms with van der Waals surface area (Å²) in [6.07, 6.45) is 2.65. The molecule has 0 bridgehead atoms. The van der Waals surface area contributed by atoms with Crippen molar-refractivity contribution >= 4 is 29.1 Å². The molecule has 1 aliphatic rings. The van der Waals surface area contributed by atoms with Crippen LogP contribution in [0.3, 0.4) is 0 Å². The van der Waals surface area contributed by atoms with Crippen LogP contribution >= 0.6 is 0 Å². The molecule has 0 radical (unpaired) electrons. The molecule has 1 aliphatic heterocycles. The maximum Gasteiger partial charge on any atom is 0.247 e. The molecule has 0 unspecified atom stereocenters. The molecule has 0 spiro atoms. The first-order valence-corrected chi connectivity index (χ1v) is 8.82. The van der Waals surface area contributed by atoms with Crippen molar-refractivity contribution in [3.63, 3.8) is 0 Å². The largest absolute Gasteiger partial charge is 0.344 e. The van der Waals surface area contributed by atoms with E-state index in [2.05, 4.69) is 10.6 Å². The molecule has 2 atom stereocenters. The highest BCUT2D eigenvalue weighted by atomic mass is 16.2. The van der Waals surface area contributed by atoms with Crippen LogP contribution in [-0.4, -0.2) is 30.3 Å². The molecule has 0 fully saturated rings. The Kier molecular flexibility index (Phi) is 6.17. The van der Waals surface area contributed by atoms with Gasteiger partial charge in [-0.2, -0.15) is 0 Å². The zero-order chi connectivity index (χ0) is 18.6. The number of carbonyl (C=O) groups excluding carboxylic acids is 3. The lowest BCUT2D eigenvalue weighted by Gasteiger charge is -2.29. The van der Waals surface area contributed by atoms with Gasteiger partial charge >= 0.3 is 0 Å². The summed E-state index contributed by atoms with van der Waals surface area (Å²) in [7, 11) is 0. The fourth-order valence-corrected chi connectivity index (χ4v) is 3.12. The molecule has 136 valence electrons. The summed E-state index contributed by atoms with van der Waals surface area (Å²) in [6.45, 7) is 7.57. The van der Waals surface area contributed by atoms with Crippen LogP contribution in [0.1, 0.15) is 46.1 Å². The molecule has 6 heteroatoms. The summed E-state index contributed by atoms with van der Waals surface area (Å²) in [5.41, 5.74) is 2.60. The number of nitrogens with one attached hydrogen (secondary N) is 2. The van der Waals surface area contributed by atoms with Gasteiger partial charge in [0.25, 0.3) is 0 Å². The average Bonchev–Trinajstić information content (AvgIpc) is 2.57. The molecule has 1 aromatic rings. The first kappa shape index (κ1) is 19.0. The van der Waals surface area contributed by atoms with Gasteiger partial charge in [0.05, 0.1) is 0 Å². The van der Waals surface area contributed by atoms with E-state index in [0.717, 1.165) is 30.5 Å². The van der Waals surface area contributed by atoms with Crippen molar-refractivity contribution in [2.45, 2.75) is 53.0 Å². The van der Waals surface area contributed by atoms with Crippen LogP contribution in [0.5, 0.6) is 0 Å². The van der Waals surface area contributed by atoms with Crippen molar-refractivity contribution in [1.29, 1.82) is 0 Å². The van der Waals surface area contributed by atoms with Gasteiger partial charge in [-0.1, -0.05) is 26.3 Å². The monoisotopic (exact) mass is 345 g/mol. The van der Waals surface area contributed by atoms with E-state index in [1.54, 1.807) is 11.8 Å². The Morgan fingerprint density at radius 3 is 2.56 bits per heavy atom. The predicted octanol–water partition coefficient (Wildman–Crippen LogP) is 2.48. The Balaban J connectivity index is 2.21. The van der Waals surface area contributed by atoms with Crippen molar-refractivity contribution in [2.24, 2.45) is 5.92 Å². The number of rotatable bonds is 5. The summed E-state index contributed by atoms with van der Waals surface area (Å²) >= 11 is 0. The number of anilines is 2. The first-order chi connectivity index (χ1) is 11.8. The summed E-state index contributed by atoms with van der Waals surface area (Å²) in [5, 5.41) is 5.60. The molecule has 1 aromatic carbocycles. The highest BCUT2D eigenvalue weighted by molar-refractivity contribution is 5.99. The van der Waals surface area contributed by atoms with Crippen LogP contribution in [-0.2, 0) is 20.8 Å². The van der Waals surface area contributed by atoms with E-state index in [1.807, 2.05) is 32.0 Å². The molecular formula is C19H27N3O3. The fourth-order valence-electron chi connectivity index (χ4n) is 3.12. The van der Waals surface area contributed by atoms with Gasteiger partial charge in [0.15, 0.2) is 0 Å². The van der Waals surface area contributed by atoms with Gasteiger partial charge in [-0.3, -0.25) is 14.4 Å². The topological polar surface area (TPSA) is 78.5 Å². The summed E-state index contributed by atoms with van der Waals surface area (Å²) in [4.78, 5) is 37.6. The van der Waals surface area contributed by atoms with Crippen LogP contribution in [0.4, 0.5) is 11.4 Å². The lowest BCUT2D eigenvalue weighted by Crippen LogP contribution is -2.47. The first-order valence-electron chi connectivity index (χ1n) is 8.82. The second-order valence-electron chi connectivity index (χ2n) is 6.67. The van der Waals surface area contributed by atoms with Gasteiger partial charge in [0.1, 0.15) is 6.04 Å². The van der Waals surface area contributed by atoms with Gasteiger partial charge in [-0.25, -0.2) is 0 Å². The molecule has 2 N–H and O–H groups in total. The normalized spacial score (nSPS) is 15.8. The molecule has 6 nitrogen and oxygen atoms in total. The molecule has 3 amide bonds. The van der Waals surface area contributed by atoms with Crippen molar-refractivity contribution in [1.82, 2.24) is 5.32 Å². The Hall–Kier alpha value is -2.37. The summed E-state index contributed by atoms with van der Waals surface area (Å²) in [6, 6.07) is 5.07. The zero-order valence-electron chi connectivity index (χ0n) is 15.4. The van der Waals surface area contributed by atoms with Crippen molar-refractivity contribution in [3.05, 3.63) is 23.8 Å². The van der Waals surface area contributed by atoms with E-state index in [9.17, 15) is 14.4 Å². The Bertz CT molecular complexity index is 672. The number of fused-ring (bicyclic) bond motifs is 1. The van der Waals surface area contributed by atoms with Gasteiger partial charge in [-0.15, -0.1) is 0 Å². The molecule has 25 heavy (non-hydrogen) atoms. The van der Waals surface area contributed by atoms with Crippen LogP contribution in [0, 0.1) is 5.92 Å². The highest BCUT2D eigenvalue weighted by Crippen LogP contribution is 2.30. The van der Waals surface area contributed by atoms with Gasteiger partial charge < -0.3 is 15.5 Å². The van der Waals surface area contributed by atoms with Crippen LogP contribution in [0.15, 0.2) is 18.2 Å². The number of nitrogens with zero attached hydrogens (tertiary/aromatic N) is 1. The molecule has 0 aromatic heterocycles. The lowest BCUT2D eigenvalue weighted by atomic mass is 9.97. The number of hydrogen-bond donors (Lipinski definition) is 2. The molecule has 0 saturated carbocycles. The number of benzene rings is 1. The Morgan fingerprint density at radius 1 is 1.24 bits per heavy atom. The van der Waals surface area contributed by atoms with Crippen LogP contribution < -0.4 is 15.5 Å². The molecule has 0 saturated heterocycles.